The Morgan fingerprint density at radius 1 is 1.20 bits per heavy atom. The summed E-state index contributed by atoms with van der Waals surface area (Å²) < 4.78 is 0. The van der Waals surface area contributed by atoms with Crippen molar-refractivity contribution in [3.63, 3.8) is 0 Å². The van der Waals surface area contributed by atoms with E-state index in [-0.39, 0.29) is 38.5 Å². The monoisotopic (exact) mass is 219 g/mol. The van der Waals surface area contributed by atoms with Gasteiger partial charge in [-0.25, -0.2) is 0 Å². The third-order valence-electron chi connectivity index (χ3n) is 1.98. The predicted molar refractivity (Wildman–Crippen MR) is 52.5 cm³/mol. The first-order valence-electron chi connectivity index (χ1n) is 4.71. The molecule has 0 saturated heterocycles. The maximum absolute atomic E-state index is 10.9. The van der Waals surface area contributed by atoms with Crippen molar-refractivity contribution in [3.8, 4) is 0 Å². The summed E-state index contributed by atoms with van der Waals surface area (Å²) in [4.78, 5) is 23.1. The van der Waals surface area contributed by atoms with E-state index in [1.54, 1.807) is 0 Å². The highest BCUT2D eigenvalue weighted by atomic mass is 16.4. The van der Waals surface area contributed by atoms with Gasteiger partial charge >= 0.3 is 5.97 Å². The highest BCUT2D eigenvalue weighted by Gasteiger charge is 2.25. The molecule has 1 unspecified atom stereocenters. The Bertz CT molecular complexity index is 213. The van der Waals surface area contributed by atoms with Crippen LogP contribution in [0.25, 0.3) is 0 Å². The Balaban J connectivity index is 4.50. The summed E-state index contributed by atoms with van der Waals surface area (Å²) in [6.07, 6.45) is -0.116. The van der Waals surface area contributed by atoms with E-state index < -0.39 is 12.0 Å². The fourth-order valence-electron chi connectivity index (χ4n) is 1.33. The average molecular weight is 219 g/mol. The Labute approximate surface area is 88.1 Å². The van der Waals surface area contributed by atoms with Crippen molar-refractivity contribution in [1.29, 1.82) is 0 Å². The Morgan fingerprint density at radius 3 is 1.93 bits per heavy atom. The molecule has 15 heavy (non-hydrogen) atoms. The van der Waals surface area contributed by atoms with E-state index >= 15 is 0 Å². The van der Waals surface area contributed by atoms with Crippen LogP contribution in [-0.4, -0.2) is 64.3 Å². The molecule has 0 spiro atoms. The van der Waals surface area contributed by atoms with Gasteiger partial charge in [-0.05, 0) is 6.92 Å². The molecule has 0 fully saturated rings. The van der Waals surface area contributed by atoms with Gasteiger partial charge in [-0.15, -0.1) is 0 Å². The summed E-state index contributed by atoms with van der Waals surface area (Å²) in [7, 11) is 0. The number of aliphatic hydroxyl groups is 2. The maximum Gasteiger partial charge on any atom is 0.321 e. The van der Waals surface area contributed by atoms with Crippen molar-refractivity contribution in [3.05, 3.63) is 0 Å². The minimum atomic E-state index is -1.12. The molecular weight excluding hydrogens is 202 g/mol. The minimum absolute atomic E-state index is 0.116. The molecule has 0 rings (SSSR count). The van der Waals surface area contributed by atoms with Crippen LogP contribution in [0.3, 0.4) is 0 Å². The first kappa shape index (κ1) is 14.0. The topological polar surface area (TPSA) is 98.1 Å². The number of rotatable bonds is 8. The zero-order chi connectivity index (χ0) is 11.8. The van der Waals surface area contributed by atoms with Gasteiger partial charge in [0.15, 0.2) is 0 Å². The lowest BCUT2D eigenvalue weighted by atomic mass is 10.1. The number of carboxylic acids is 1. The predicted octanol–water partition coefficient (Wildman–Crippen LogP) is -1.29. The molecule has 0 aliphatic carbocycles. The quantitative estimate of drug-likeness (QED) is 0.469. The average Bonchev–Trinajstić information content (AvgIpc) is 2.13. The molecule has 0 heterocycles. The van der Waals surface area contributed by atoms with Crippen molar-refractivity contribution >= 4 is 11.8 Å². The number of carbonyl (C=O) groups excluding carboxylic acids is 1. The number of carbonyl (C=O) groups is 2. The molecule has 1 atom stereocenters. The van der Waals surface area contributed by atoms with Gasteiger partial charge in [0, 0.05) is 19.5 Å². The van der Waals surface area contributed by atoms with Crippen LogP contribution in [0.4, 0.5) is 0 Å². The fourth-order valence-corrected chi connectivity index (χ4v) is 1.33. The molecule has 6 heteroatoms. The molecule has 0 aromatic heterocycles. The van der Waals surface area contributed by atoms with Gasteiger partial charge in [0.1, 0.15) is 11.8 Å². The SMILES string of the molecule is CC(=O)CC(C(=O)O)N(CCO)CCO. The lowest BCUT2D eigenvalue weighted by Gasteiger charge is -2.26. The number of hydrogen-bond donors (Lipinski definition) is 3. The van der Waals surface area contributed by atoms with E-state index in [9.17, 15) is 9.59 Å². The number of hydrogen-bond acceptors (Lipinski definition) is 5. The van der Waals surface area contributed by atoms with Crippen LogP contribution in [-0.2, 0) is 9.59 Å². The van der Waals surface area contributed by atoms with E-state index in [2.05, 4.69) is 0 Å². The molecule has 0 aromatic carbocycles. The standard InChI is InChI=1S/C9H17NO5/c1-7(13)6-8(9(14)15)10(2-4-11)3-5-12/h8,11-12H,2-6H2,1H3,(H,14,15). The third kappa shape index (κ3) is 5.46. The van der Waals surface area contributed by atoms with E-state index in [0.29, 0.717) is 0 Å². The summed E-state index contributed by atoms with van der Waals surface area (Å²) in [5.41, 5.74) is 0. The number of carboxylic acid groups (broad SMARTS) is 1. The molecule has 0 radical (unpaired) electrons. The zero-order valence-corrected chi connectivity index (χ0v) is 8.72. The molecule has 0 aliphatic heterocycles. The maximum atomic E-state index is 10.9. The second-order valence-electron chi connectivity index (χ2n) is 3.24. The number of ketones is 1. The van der Waals surface area contributed by atoms with Crippen molar-refractivity contribution < 1.29 is 24.9 Å². The Kier molecular flexibility index (Phi) is 6.85. The molecule has 88 valence electrons. The minimum Gasteiger partial charge on any atom is -0.480 e. The van der Waals surface area contributed by atoms with Crippen molar-refractivity contribution in [2.45, 2.75) is 19.4 Å². The second kappa shape index (κ2) is 7.33. The van der Waals surface area contributed by atoms with Crippen LogP contribution in [0, 0.1) is 0 Å². The third-order valence-corrected chi connectivity index (χ3v) is 1.98. The summed E-state index contributed by atoms with van der Waals surface area (Å²) in [6.45, 7) is 1.16. The number of Topliss-reactive ketones (excluding diaryl/α,β-unsaturated/α-hetero) is 1. The number of aliphatic hydroxyl groups excluding tert-OH is 2. The first-order chi connectivity index (χ1) is 7.02. The van der Waals surface area contributed by atoms with Gasteiger partial charge in [-0.3, -0.25) is 14.5 Å². The fraction of sp³-hybridized carbons (Fsp3) is 0.778. The summed E-state index contributed by atoms with van der Waals surface area (Å²) in [6, 6.07) is -0.971. The van der Waals surface area contributed by atoms with Crippen LogP contribution < -0.4 is 0 Å². The normalized spacial score (nSPS) is 12.8. The molecule has 0 aromatic rings. The molecular formula is C9H17NO5. The van der Waals surface area contributed by atoms with E-state index in [0.717, 1.165) is 0 Å². The van der Waals surface area contributed by atoms with Gasteiger partial charge in [0.2, 0.25) is 0 Å². The van der Waals surface area contributed by atoms with Crippen LogP contribution in [0.2, 0.25) is 0 Å². The lowest BCUT2D eigenvalue weighted by Crippen LogP contribution is -2.45. The van der Waals surface area contributed by atoms with Crippen molar-refractivity contribution in [1.82, 2.24) is 4.90 Å². The van der Waals surface area contributed by atoms with Gasteiger partial charge in [0.25, 0.3) is 0 Å². The van der Waals surface area contributed by atoms with Gasteiger partial charge in [0.05, 0.1) is 13.2 Å². The molecule has 0 saturated carbocycles. The largest absolute Gasteiger partial charge is 0.480 e. The molecule has 0 aliphatic rings. The van der Waals surface area contributed by atoms with Crippen molar-refractivity contribution in [2.75, 3.05) is 26.3 Å². The van der Waals surface area contributed by atoms with Crippen LogP contribution in [0.15, 0.2) is 0 Å². The summed E-state index contributed by atoms with van der Waals surface area (Å²) >= 11 is 0. The first-order valence-corrected chi connectivity index (χ1v) is 4.71. The van der Waals surface area contributed by atoms with Crippen LogP contribution >= 0.6 is 0 Å². The van der Waals surface area contributed by atoms with E-state index in [4.69, 9.17) is 15.3 Å². The molecule has 0 amide bonds. The molecule has 6 nitrogen and oxygen atoms in total. The van der Waals surface area contributed by atoms with Crippen LogP contribution in [0.5, 0.6) is 0 Å². The van der Waals surface area contributed by atoms with Crippen LogP contribution in [0.1, 0.15) is 13.3 Å². The summed E-state index contributed by atoms with van der Waals surface area (Å²) in [5.74, 6) is -1.35. The zero-order valence-electron chi connectivity index (χ0n) is 8.72. The van der Waals surface area contributed by atoms with Gasteiger partial charge in [-0.2, -0.15) is 0 Å². The van der Waals surface area contributed by atoms with Crippen molar-refractivity contribution in [2.24, 2.45) is 0 Å². The highest BCUT2D eigenvalue weighted by Crippen LogP contribution is 2.05. The van der Waals surface area contributed by atoms with E-state index in [1.807, 2.05) is 0 Å². The van der Waals surface area contributed by atoms with E-state index in [1.165, 1.54) is 11.8 Å². The summed E-state index contributed by atoms with van der Waals surface area (Å²) in [5, 5.41) is 26.3. The molecule has 0 bridgehead atoms. The van der Waals surface area contributed by atoms with Gasteiger partial charge < -0.3 is 15.3 Å². The van der Waals surface area contributed by atoms with Gasteiger partial charge in [-0.1, -0.05) is 0 Å². The smallest absolute Gasteiger partial charge is 0.321 e. The Morgan fingerprint density at radius 2 is 1.67 bits per heavy atom. The lowest BCUT2D eigenvalue weighted by molar-refractivity contribution is -0.145. The Hall–Kier alpha value is -0.980. The number of nitrogens with zero attached hydrogens (tertiary/aromatic N) is 1. The highest BCUT2D eigenvalue weighted by molar-refractivity contribution is 5.84. The number of aliphatic carboxylic acids is 1. The molecule has 3 N–H and O–H groups in total. The second-order valence-corrected chi connectivity index (χ2v) is 3.24.